The Labute approximate surface area is 216 Å². The molecule has 0 atom stereocenters. The van der Waals surface area contributed by atoms with Gasteiger partial charge >= 0.3 is 0 Å². The fraction of sp³-hybridized carbons (Fsp3) is 0.303. The molecule has 0 saturated carbocycles. The molecular weight excluding hydrogens is 438 g/mol. The van der Waals surface area contributed by atoms with Gasteiger partial charge in [-0.25, -0.2) is 0 Å². The molecule has 0 spiro atoms. The third-order valence-electron chi connectivity index (χ3n) is 7.33. The van der Waals surface area contributed by atoms with Gasteiger partial charge in [0.25, 0.3) is 0 Å². The Morgan fingerprint density at radius 2 is 1.53 bits per heavy atom. The van der Waals surface area contributed by atoms with Gasteiger partial charge in [0.05, 0.1) is 11.1 Å². The van der Waals surface area contributed by atoms with Crippen LogP contribution in [0.4, 0.5) is 11.4 Å². The van der Waals surface area contributed by atoms with Crippen molar-refractivity contribution in [3.8, 4) is 0 Å². The lowest BCUT2D eigenvalue weighted by atomic mass is 9.90. The highest BCUT2D eigenvalue weighted by Crippen LogP contribution is 2.41. The van der Waals surface area contributed by atoms with Crippen LogP contribution in [-0.2, 0) is 6.54 Å². The van der Waals surface area contributed by atoms with E-state index in [-0.39, 0.29) is 0 Å². The first kappa shape index (κ1) is 24.1. The smallest absolute Gasteiger partial charge is 0.213 e. The van der Waals surface area contributed by atoms with Gasteiger partial charge in [0.2, 0.25) is 5.69 Å². The van der Waals surface area contributed by atoms with Crippen molar-refractivity contribution in [2.75, 3.05) is 24.5 Å². The summed E-state index contributed by atoms with van der Waals surface area (Å²) in [5.41, 5.74) is 10.4. The standard InChI is InChI=1S/C33H38N3/c1-5-21-35-23-29(27-13-9-11-15-31(27)35)33(25-17-19-26(20-18-25)34(7-3)8-4)30-24-36(22-6-2)32-16-12-10-14-28(30)32/h9-20,23-24H,5-8,21-22H2,1-4H3/q+1. The Morgan fingerprint density at radius 1 is 0.806 bits per heavy atom. The lowest BCUT2D eigenvalue weighted by molar-refractivity contribution is -0.431. The summed E-state index contributed by atoms with van der Waals surface area (Å²) in [6.07, 6.45) is 6.99. The zero-order chi connectivity index (χ0) is 25.1. The molecule has 1 aliphatic heterocycles. The fourth-order valence-electron chi connectivity index (χ4n) is 5.63. The summed E-state index contributed by atoms with van der Waals surface area (Å²) in [5.74, 6) is 0. The summed E-state index contributed by atoms with van der Waals surface area (Å²) in [4.78, 5) is 2.41. The van der Waals surface area contributed by atoms with Crippen LogP contribution in [0.15, 0.2) is 79.0 Å². The van der Waals surface area contributed by atoms with E-state index < -0.39 is 0 Å². The molecule has 184 valence electrons. The van der Waals surface area contributed by atoms with Crippen molar-refractivity contribution in [3.05, 3.63) is 95.7 Å². The highest BCUT2D eigenvalue weighted by Gasteiger charge is 2.29. The fourth-order valence-corrected chi connectivity index (χ4v) is 5.63. The predicted octanol–water partition coefficient (Wildman–Crippen LogP) is 8.00. The number of aryl methyl sites for hydroxylation is 1. The molecule has 4 aromatic rings. The number of hydrogen-bond acceptors (Lipinski definition) is 1. The third-order valence-corrected chi connectivity index (χ3v) is 7.33. The summed E-state index contributed by atoms with van der Waals surface area (Å²) < 4.78 is 4.86. The number of rotatable bonds is 9. The maximum Gasteiger partial charge on any atom is 0.213 e. The number of aromatic nitrogens is 1. The third kappa shape index (κ3) is 4.28. The van der Waals surface area contributed by atoms with Crippen LogP contribution in [0.3, 0.4) is 0 Å². The molecule has 2 heterocycles. The highest BCUT2D eigenvalue weighted by atomic mass is 15.1. The average Bonchev–Trinajstić information content (AvgIpc) is 3.46. The summed E-state index contributed by atoms with van der Waals surface area (Å²) in [7, 11) is 0. The van der Waals surface area contributed by atoms with E-state index in [0.717, 1.165) is 39.0 Å². The van der Waals surface area contributed by atoms with E-state index in [0.29, 0.717) is 0 Å². The maximum absolute atomic E-state index is 2.43. The van der Waals surface area contributed by atoms with E-state index in [1.807, 2.05) is 0 Å². The SMILES string of the molecule is CCCn1cc(/C(=C2\C=[N+](CCC)c3ccccc32)c2ccc(N(CC)CC)cc2)c2ccccc21. The minimum Gasteiger partial charge on any atom is -0.372 e. The number of fused-ring (bicyclic) bond motifs is 2. The van der Waals surface area contributed by atoms with Crippen LogP contribution in [-0.4, -0.2) is 35.0 Å². The number of allylic oxidation sites excluding steroid dienone is 1. The minimum absolute atomic E-state index is 1.02. The predicted molar refractivity (Wildman–Crippen MR) is 156 cm³/mol. The van der Waals surface area contributed by atoms with E-state index in [1.54, 1.807) is 0 Å². The summed E-state index contributed by atoms with van der Waals surface area (Å²) in [6, 6.07) is 27.0. The van der Waals surface area contributed by atoms with Gasteiger partial charge in [0.1, 0.15) is 6.54 Å². The van der Waals surface area contributed by atoms with Gasteiger partial charge in [-0.05, 0) is 50.1 Å². The van der Waals surface area contributed by atoms with Crippen LogP contribution in [0.2, 0.25) is 0 Å². The van der Waals surface area contributed by atoms with Gasteiger partial charge in [0, 0.05) is 66.0 Å². The topological polar surface area (TPSA) is 11.2 Å². The molecule has 0 aliphatic carbocycles. The Hall–Kier alpha value is -3.59. The first-order valence-electron chi connectivity index (χ1n) is 13.6. The molecule has 5 rings (SSSR count). The molecule has 3 heteroatoms. The van der Waals surface area contributed by atoms with Crippen molar-refractivity contribution in [1.82, 2.24) is 4.57 Å². The molecule has 0 N–H and O–H groups in total. The Bertz CT molecular complexity index is 1420. The van der Waals surface area contributed by atoms with Crippen molar-refractivity contribution in [3.63, 3.8) is 0 Å². The molecule has 0 radical (unpaired) electrons. The Kier molecular flexibility index (Phi) is 7.09. The molecule has 36 heavy (non-hydrogen) atoms. The number of para-hydroxylation sites is 2. The van der Waals surface area contributed by atoms with Gasteiger partial charge in [-0.2, -0.15) is 4.58 Å². The molecule has 0 amide bonds. The molecule has 0 unspecified atom stereocenters. The quantitative estimate of drug-likeness (QED) is 0.223. The lowest BCUT2D eigenvalue weighted by Gasteiger charge is -2.21. The van der Waals surface area contributed by atoms with Gasteiger partial charge < -0.3 is 9.47 Å². The first-order valence-corrected chi connectivity index (χ1v) is 13.6. The van der Waals surface area contributed by atoms with Crippen LogP contribution in [0, 0.1) is 0 Å². The molecule has 1 aromatic heterocycles. The average molecular weight is 477 g/mol. The molecule has 0 fully saturated rings. The number of hydrogen-bond donors (Lipinski definition) is 0. The van der Waals surface area contributed by atoms with E-state index in [1.165, 1.54) is 50.1 Å². The summed E-state index contributed by atoms with van der Waals surface area (Å²) >= 11 is 0. The van der Waals surface area contributed by atoms with E-state index >= 15 is 0 Å². The number of benzene rings is 3. The first-order chi connectivity index (χ1) is 17.7. The van der Waals surface area contributed by atoms with Gasteiger partial charge in [0.15, 0.2) is 6.21 Å². The second-order valence-electron chi connectivity index (χ2n) is 9.60. The number of nitrogens with zero attached hydrogens (tertiary/aromatic N) is 3. The van der Waals surface area contributed by atoms with Gasteiger partial charge in [-0.15, -0.1) is 0 Å². The normalized spacial score (nSPS) is 14.2. The second kappa shape index (κ2) is 10.6. The molecule has 0 bridgehead atoms. The molecule has 3 nitrogen and oxygen atoms in total. The Balaban J connectivity index is 1.79. The van der Waals surface area contributed by atoms with Crippen molar-refractivity contribution in [2.45, 2.75) is 47.1 Å². The van der Waals surface area contributed by atoms with Crippen molar-refractivity contribution < 1.29 is 4.58 Å². The lowest BCUT2D eigenvalue weighted by Crippen LogP contribution is -2.21. The maximum atomic E-state index is 2.43. The largest absolute Gasteiger partial charge is 0.372 e. The van der Waals surface area contributed by atoms with Crippen molar-refractivity contribution in [1.29, 1.82) is 0 Å². The van der Waals surface area contributed by atoms with Crippen LogP contribution in [0.1, 0.15) is 57.2 Å². The zero-order valence-corrected chi connectivity index (χ0v) is 22.2. The van der Waals surface area contributed by atoms with Gasteiger partial charge in [-0.3, -0.25) is 0 Å². The Morgan fingerprint density at radius 3 is 2.25 bits per heavy atom. The van der Waals surface area contributed by atoms with Gasteiger partial charge in [-0.1, -0.05) is 56.3 Å². The molecule has 0 saturated heterocycles. The van der Waals surface area contributed by atoms with Crippen molar-refractivity contribution >= 4 is 39.6 Å². The molecular formula is C33H38N3+. The minimum atomic E-state index is 1.02. The second-order valence-corrected chi connectivity index (χ2v) is 9.60. The van der Waals surface area contributed by atoms with E-state index in [9.17, 15) is 0 Å². The number of anilines is 1. The highest BCUT2D eigenvalue weighted by molar-refractivity contribution is 6.25. The van der Waals surface area contributed by atoms with E-state index in [4.69, 9.17) is 0 Å². The summed E-state index contributed by atoms with van der Waals surface area (Å²) in [5, 5.41) is 1.32. The van der Waals surface area contributed by atoms with Crippen molar-refractivity contribution in [2.24, 2.45) is 0 Å². The van der Waals surface area contributed by atoms with Crippen LogP contribution >= 0.6 is 0 Å². The van der Waals surface area contributed by atoms with Crippen LogP contribution in [0.5, 0.6) is 0 Å². The van der Waals surface area contributed by atoms with E-state index in [2.05, 4.69) is 127 Å². The molecule has 3 aromatic carbocycles. The monoisotopic (exact) mass is 476 g/mol. The van der Waals surface area contributed by atoms with Crippen LogP contribution in [0.25, 0.3) is 22.0 Å². The van der Waals surface area contributed by atoms with Crippen LogP contribution < -0.4 is 4.90 Å². The summed E-state index contributed by atoms with van der Waals surface area (Å²) in [6.45, 7) is 13.0. The zero-order valence-electron chi connectivity index (χ0n) is 22.2. The molecule has 1 aliphatic rings.